The van der Waals surface area contributed by atoms with Gasteiger partial charge in [0.05, 0.1) is 5.69 Å². The molecule has 4 nitrogen and oxygen atoms in total. The molecule has 0 aromatic carbocycles. The van der Waals surface area contributed by atoms with E-state index in [0.29, 0.717) is 16.6 Å². The summed E-state index contributed by atoms with van der Waals surface area (Å²) < 4.78 is 1.04. The van der Waals surface area contributed by atoms with Gasteiger partial charge in [-0.05, 0) is 39.2 Å². The number of nitrogen functional groups attached to an aromatic ring is 1. The molecule has 1 saturated carbocycles. The third-order valence-corrected chi connectivity index (χ3v) is 4.82. The van der Waals surface area contributed by atoms with E-state index >= 15 is 0 Å². The molecule has 0 radical (unpaired) electrons. The summed E-state index contributed by atoms with van der Waals surface area (Å²) in [5, 5.41) is 3.96. The van der Waals surface area contributed by atoms with E-state index in [1.54, 1.807) is 0 Å². The Morgan fingerprint density at radius 1 is 1.47 bits per heavy atom. The smallest absolute Gasteiger partial charge is 0.263 e. The van der Waals surface area contributed by atoms with Gasteiger partial charge in [0.25, 0.3) is 5.91 Å². The molecule has 0 bridgehead atoms. The molecule has 3 N–H and O–H groups in total. The summed E-state index contributed by atoms with van der Waals surface area (Å²) >= 11 is 1.46. The van der Waals surface area contributed by atoms with E-state index in [1.807, 2.05) is 19.9 Å². The van der Waals surface area contributed by atoms with Crippen LogP contribution in [0.1, 0.15) is 40.3 Å². The van der Waals surface area contributed by atoms with E-state index in [4.69, 9.17) is 5.73 Å². The van der Waals surface area contributed by atoms with Gasteiger partial charge in [-0.1, -0.05) is 0 Å². The molecular weight excluding hydrogens is 258 g/mol. The molecule has 0 unspecified atom stereocenters. The maximum atomic E-state index is 12.2. The molecule has 2 heterocycles. The second kappa shape index (κ2) is 4.49. The molecule has 3 rings (SSSR count). The number of amides is 1. The van der Waals surface area contributed by atoms with E-state index in [1.165, 1.54) is 17.8 Å². The molecule has 0 aliphatic heterocycles. The van der Waals surface area contributed by atoms with Crippen LogP contribution in [0, 0.1) is 13.8 Å². The first-order valence-electron chi connectivity index (χ1n) is 6.53. The van der Waals surface area contributed by atoms with Crippen LogP contribution in [0.5, 0.6) is 0 Å². The van der Waals surface area contributed by atoms with Crippen molar-refractivity contribution < 1.29 is 4.79 Å². The van der Waals surface area contributed by atoms with Crippen molar-refractivity contribution in [2.24, 2.45) is 0 Å². The van der Waals surface area contributed by atoms with E-state index in [0.717, 1.165) is 34.3 Å². The van der Waals surface area contributed by atoms with Crippen LogP contribution in [0.2, 0.25) is 0 Å². The summed E-state index contributed by atoms with van der Waals surface area (Å²) in [5.41, 5.74) is 8.56. The number of hydrogen-bond acceptors (Lipinski definition) is 4. The van der Waals surface area contributed by atoms with Crippen molar-refractivity contribution in [2.45, 2.75) is 39.2 Å². The van der Waals surface area contributed by atoms with Crippen LogP contribution in [0.25, 0.3) is 10.1 Å². The second-order valence-corrected chi connectivity index (χ2v) is 6.22. The predicted molar refractivity (Wildman–Crippen MR) is 78.6 cm³/mol. The SMILES string of the molecule is Cc1cc2sc(C(=O)NC3CCC3)c(N)c2c(C)n1. The lowest BCUT2D eigenvalue weighted by Gasteiger charge is -2.26. The molecule has 1 fully saturated rings. The van der Waals surface area contributed by atoms with Gasteiger partial charge in [-0.3, -0.25) is 9.78 Å². The number of carbonyl (C=O) groups excluding carboxylic acids is 1. The number of aromatic nitrogens is 1. The molecule has 0 spiro atoms. The molecule has 2 aromatic rings. The van der Waals surface area contributed by atoms with Gasteiger partial charge >= 0.3 is 0 Å². The van der Waals surface area contributed by atoms with Crippen molar-refractivity contribution in [1.29, 1.82) is 0 Å². The van der Waals surface area contributed by atoms with E-state index in [-0.39, 0.29) is 5.91 Å². The van der Waals surface area contributed by atoms with Gasteiger partial charge in [-0.25, -0.2) is 0 Å². The Morgan fingerprint density at radius 2 is 2.21 bits per heavy atom. The Bertz CT molecular complexity index is 658. The second-order valence-electron chi connectivity index (χ2n) is 5.17. The number of anilines is 1. The third kappa shape index (κ3) is 2.08. The van der Waals surface area contributed by atoms with Crippen molar-refractivity contribution >= 4 is 33.0 Å². The molecule has 1 aliphatic carbocycles. The maximum absolute atomic E-state index is 12.2. The molecular formula is C14H17N3OS. The highest BCUT2D eigenvalue weighted by molar-refractivity contribution is 7.21. The summed E-state index contributed by atoms with van der Waals surface area (Å²) in [5.74, 6) is -0.0412. The number of nitrogens with zero attached hydrogens (tertiary/aromatic N) is 1. The number of aryl methyl sites for hydroxylation is 2. The van der Waals surface area contributed by atoms with Crippen LogP contribution >= 0.6 is 11.3 Å². The number of hydrogen-bond donors (Lipinski definition) is 2. The van der Waals surface area contributed by atoms with Crippen LogP contribution in [-0.4, -0.2) is 16.9 Å². The minimum absolute atomic E-state index is 0.0412. The first kappa shape index (κ1) is 12.4. The van der Waals surface area contributed by atoms with Gasteiger partial charge in [0, 0.05) is 27.5 Å². The number of nitrogens with one attached hydrogen (secondary N) is 1. The molecule has 1 amide bonds. The number of rotatable bonds is 2. The lowest BCUT2D eigenvalue weighted by Crippen LogP contribution is -2.39. The number of fused-ring (bicyclic) bond motifs is 1. The van der Waals surface area contributed by atoms with Crippen molar-refractivity contribution in [3.05, 3.63) is 22.3 Å². The minimum atomic E-state index is -0.0412. The van der Waals surface area contributed by atoms with Gasteiger partial charge < -0.3 is 11.1 Å². The fourth-order valence-corrected chi connectivity index (χ4v) is 3.62. The van der Waals surface area contributed by atoms with E-state index in [9.17, 15) is 4.79 Å². The number of thiophene rings is 1. The summed E-state index contributed by atoms with van der Waals surface area (Å²) in [6.07, 6.45) is 3.36. The van der Waals surface area contributed by atoms with Crippen molar-refractivity contribution in [3.8, 4) is 0 Å². The first-order valence-corrected chi connectivity index (χ1v) is 7.35. The maximum Gasteiger partial charge on any atom is 0.263 e. The average Bonchev–Trinajstić information content (AvgIpc) is 2.61. The average molecular weight is 275 g/mol. The fraction of sp³-hybridized carbons (Fsp3) is 0.429. The summed E-state index contributed by atoms with van der Waals surface area (Å²) in [6.45, 7) is 3.89. The molecule has 19 heavy (non-hydrogen) atoms. The molecule has 5 heteroatoms. The Hall–Kier alpha value is -1.62. The first-order chi connectivity index (χ1) is 9.06. The Balaban J connectivity index is 2.01. The minimum Gasteiger partial charge on any atom is -0.397 e. The Kier molecular flexibility index (Phi) is 2.93. The quantitative estimate of drug-likeness (QED) is 0.885. The van der Waals surface area contributed by atoms with E-state index < -0.39 is 0 Å². The normalized spacial score (nSPS) is 15.5. The van der Waals surface area contributed by atoms with Crippen LogP contribution in [-0.2, 0) is 0 Å². The van der Waals surface area contributed by atoms with Crippen LogP contribution in [0.3, 0.4) is 0 Å². The number of pyridine rings is 1. The standard InChI is InChI=1S/C14H17N3OS/c1-7-6-10-11(8(2)16-7)12(15)13(19-10)14(18)17-9-4-3-5-9/h6,9H,3-5,15H2,1-2H3,(H,17,18). The van der Waals surface area contributed by atoms with Gasteiger partial charge in [-0.15, -0.1) is 11.3 Å². The summed E-state index contributed by atoms with van der Waals surface area (Å²) in [4.78, 5) is 17.3. The van der Waals surface area contributed by atoms with Crippen molar-refractivity contribution in [1.82, 2.24) is 10.3 Å². The third-order valence-electron chi connectivity index (χ3n) is 3.66. The van der Waals surface area contributed by atoms with Gasteiger partial charge in [0.1, 0.15) is 4.88 Å². The fourth-order valence-electron chi connectivity index (χ4n) is 2.45. The molecule has 1 aliphatic rings. The molecule has 2 aromatic heterocycles. The van der Waals surface area contributed by atoms with Gasteiger partial charge in [0.2, 0.25) is 0 Å². The largest absolute Gasteiger partial charge is 0.397 e. The topological polar surface area (TPSA) is 68.0 Å². The van der Waals surface area contributed by atoms with Crippen LogP contribution < -0.4 is 11.1 Å². The van der Waals surface area contributed by atoms with Crippen LogP contribution in [0.4, 0.5) is 5.69 Å². The Labute approximate surface area is 116 Å². The number of nitrogens with two attached hydrogens (primary N) is 1. The number of carbonyl (C=O) groups is 1. The highest BCUT2D eigenvalue weighted by Crippen LogP contribution is 2.35. The summed E-state index contributed by atoms with van der Waals surface area (Å²) in [6, 6.07) is 2.32. The lowest BCUT2D eigenvalue weighted by atomic mass is 9.93. The van der Waals surface area contributed by atoms with Crippen LogP contribution in [0.15, 0.2) is 6.07 Å². The highest BCUT2D eigenvalue weighted by atomic mass is 32.1. The van der Waals surface area contributed by atoms with Crippen molar-refractivity contribution in [2.75, 3.05) is 5.73 Å². The Morgan fingerprint density at radius 3 is 2.84 bits per heavy atom. The van der Waals surface area contributed by atoms with Gasteiger partial charge in [-0.2, -0.15) is 0 Å². The monoisotopic (exact) mass is 275 g/mol. The van der Waals surface area contributed by atoms with E-state index in [2.05, 4.69) is 10.3 Å². The molecule has 0 saturated heterocycles. The zero-order valence-electron chi connectivity index (χ0n) is 11.1. The zero-order chi connectivity index (χ0) is 13.6. The highest BCUT2D eigenvalue weighted by Gasteiger charge is 2.23. The zero-order valence-corrected chi connectivity index (χ0v) is 11.9. The van der Waals surface area contributed by atoms with Crippen molar-refractivity contribution in [3.63, 3.8) is 0 Å². The molecule has 100 valence electrons. The predicted octanol–water partition coefficient (Wildman–Crippen LogP) is 2.78. The van der Waals surface area contributed by atoms with Gasteiger partial charge in [0.15, 0.2) is 0 Å². The lowest BCUT2D eigenvalue weighted by molar-refractivity contribution is 0.0922. The molecule has 0 atom stereocenters. The summed E-state index contributed by atoms with van der Waals surface area (Å²) in [7, 11) is 0.